The van der Waals surface area contributed by atoms with Crippen LogP contribution in [0.25, 0.3) is 0 Å². The lowest BCUT2D eigenvalue weighted by Crippen LogP contribution is -2.30. The Morgan fingerprint density at radius 1 is 0.254 bits per heavy atom. The van der Waals surface area contributed by atoms with Crippen molar-refractivity contribution in [1.29, 1.82) is 0 Å². The summed E-state index contributed by atoms with van der Waals surface area (Å²) < 4.78 is 16.8. The largest absolute Gasteiger partial charge is 0.462 e. The van der Waals surface area contributed by atoms with Gasteiger partial charge in [0.15, 0.2) is 6.10 Å². The van der Waals surface area contributed by atoms with E-state index in [0.29, 0.717) is 19.3 Å². The maximum Gasteiger partial charge on any atom is 0.306 e. The monoisotopic (exact) mass is 891 g/mol. The number of hydrogen-bond acceptors (Lipinski definition) is 6. The van der Waals surface area contributed by atoms with Gasteiger partial charge in [-0.3, -0.25) is 14.4 Å². The van der Waals surface area contributed by atoms with Gasteiger partial charge in [0.2, 0.25) is 0 Å². The lowest BCUT2D eigenvalue weighted by molar-refractivity contribution is -0.167. The van der Waals surface area contributed by atoms with Gasteiger partial charge in [-0.2, -0.15) is 0 Å². The molecule has 0 spiro atoms. The lowest BCUT2D eigenvalue weighted by Gasteiger charge is -2.18. The van der Waals surface area contributed by atoms with Crippen molar-refractivity contribution in [2.24, 2.45) is 0 Å². The molecule has 374 valence electrons. The summed E-state index contributed by atoms with van der Waals surface area (Å²) >= 11 is 0. The van der Waals surface area contributed by atoms with Crippen LogP contribution in [0.3, 0.4) is 0 Å². The second-order valence-corrected chi connectivity index (χ2v) is 19.6. The van der Waals surface area contributed by atoms with Crippen LogP contribution in [0.4, 0.5) is 0 Å². The van der Waals surface area contributed by atoms with Crippen molar-refractivity contribution in [2.45, 2.75) is 335 Å². The van der Waals surface area contributed by atoms with Crippen molar-refractivity contribution in [2.75, 3.05) is 13.2 Å². The van der Waals surface area contributed by atoms with E-state index < -0.39 is 6.10 Å². The molecule has 0 saturated carbocycles. The Morgan fingerprint density at radius 3 is 0.635 bits per heavy atom. The zero-order valence-electron chi connectivity index (χ0n) is 42.9. The highest BCUT2D eigenvalue weighted by Gasteiger charge is 2.19. The van der Waals surface area contributed by atoms with E-state index in [1.807, 2.05) is 0 Å². The van der Waals surface area contributed by atoms with Crippen LogP contribution in [-0.2, 0) is 28.6 Å². The van der Waals surface area contributed by atoms with Crippen molar-refractivity contribution in [3.8, 4) is 0 Å². The first-order valence-electron chi connectivity index (χ1n) is 28.5. The van der Waals surface area contributed by atoms with Gasteiger partial charge < -0.3 is 14.2 Å². The minimum absolute atomic E-state index is 0.0622. The molecule has 0 amide bonds. The number of esters is 3. The number of unbranched alkanes of at least 4 members (excludes halogenated alkanes) is 42. The topological polar surface area (TPSA) is 78.9 Å². The van der Waals surface area contributed by atoms with Crippen LogP contribution in [0.1, 0.15) is 329 Å². The van der Waals surface area contributed by atoms with E-state index in [1.54, 1.807) is 0 Å². The zero-order valence-corrected chi connectivity index (χ0v) is 42.9. The van der Waals surface area contributed by atoms with E-state index in [-0.39, 0.29) is 31.1 Å². The first-order valence-corrected chi connectivity index (χ1v) is 28.5. The molecule has 0 aromatic carbocycles. The number of carbonyl (C=O) groups excluding carboxylic acids is 3. The third kappa shape index (κ3) is 51.3. The molecule has 0 bridgehead atoms. The summed E-state index contributed by atoms with van der Waals surface area (Å²) in [6.07, 6.45) is 58.4. The van der Waals surface area contributed by atoms with E-state index in [1.165, 1.54) is 231 Å². The molecular formula is C57H110O6. The highest BCUT2D eigenvalue weighted by molar-refractivity contribution is 5.71. The first kappa shape index (κ1) is 61.4. The Labute approximate surface area is 393 Å². The molecule has 6 heteroatoms. The van der Waals surface area contributed by atoms with Gasteiger partial charge in [0.05, 0.1) is 0 Å². The summed E-state index contributed by atoms with van der Waals surface area (Å²) in [6, 6.07) is 0. The molecule has 1 atom stereocenters. The van der Waals surface area contributed by atoms with Crippen LogP contribution in [0.5, 0.6) is 0 Å². The smallest absolute Gasteiger partial charge is 0.306 e. The molecule has 0 aromatic rings. The second-order valence-electron chi connectivity index (χ2n) is 19.6. The summed E-state index contributed by atoms with van der Waals surface area (Å²) in [5, 5.41) is 0. The van der Waals surface area contributed by atoms with E-state index in [9.17, 15) is 14.4 Å². The number of ether oxygens (including phenoxy) is 3. The maximum atomic E-state index is 12.8. The SMILES string of the molecule is CCCCCCCCCCCCCCCCCCCCCCCCCCCC(=O)OCC(COC(=O)CCCCCCCCC)OC(=O)CCCCCCCCCCCCCCC. The fraction of sp³-hybridized carbons (Fsp3) is 0.947. The molecule has 0 aliphatic heterocycles. The van der Waals surface area contributed by atoms with Gasteiger partial charge in [-0.05, 0) is 19.3 Å². The van der Waals surface area contributed by atoms with Crippen LogP contribution in [0.2, 0.25) is 0 Å². The normalized spacial score (nSPS) is 11.9. The minimum Gasteiger partial charge on any atom is -0.462 e. The molecule has 63 heavy (non-hydrogen) atoms. The van der Waals surface area contributed by atoms with Crippen molar-refractivity contribution >= 4 is 17.9 Å². The van der Waals surface area contributed by atoms with Crippen LogP contribution in [0.15, 0.2) is 0 Å². The molecule has 1 unspecified atom stereocenters. The quantitative estimate of drug-likeness (QED) is 0.0344. The van der Waals surface area contributed by atoms with Gasteiger partial charge in [0.1, 0.15) is 13.2 Å². The molecule has 6 nitrogen and oxygen atoms in total. The Kier molecular flexibility index (Phi) is 51.7. The highest BCUT2D eigenvalue weighted by atomic mass is 16.6. The molecule has 0 aliphatic rings. The fourth-order valence-corrected chi connectivity index (χ4v) is 8.80. The van der Waals surface area contributed by atoms with Crippen LogP contribution < -0.4 is 0 Å². The Balaban J connectivity index is 4.03. The number of hydrogen-bond donors (Lipinski definition) is 0. The summed E-state index contributed by atoms with van der Waals surface area (Å²) in [4.78, 5) is 37.8. The summed E-state index contributed by atoms with van der Waals surface area (Å²) in [6.45, 7) is 6.65. The molecule has 0 heterocycles. The molecule has 0 aromatic heterocycles. The van der Waals surface area contributed by atoms with E-state index >= 15 is 0 Å². The summed E-state index contributed by atoms with van der Waals surface area (Å²) in [5.41, 5.74) is 0. The standard InChI is InChI=1S/C57H110O6/c1-4-7-10-13-16-18-20-22-23-24-25-26-27-28-29-30-31-32-33-35-36-38-41-44-47-50-56(59)62-53-54(52-61-55(58)49-46-43-40-15-12-9-6-3)63-57(60)51-48-45-42-39-37-34-21-19-17-14-11-8-5-2/h54H,4-53H2,1-3H3. The Morgan fingerprint density at radius 2 is 0.429 bits per heavy atom. The van der Waals surface area contributed by atoms with E-state index in [4.69, 9.17) is 14.2 Å². The second kappa shape index (κ2) is 53.0. The third-order valence-electron chi connectivity index (χ3n) is 13.1. The van der Waals surface area contributed by atoms with E-state index in [2.05, 4.69) is 20.8 Å². The minimum atomic E-state index is -0.759. The van der Waals surface area contributed by atoms with Crippen LogP contribution in [-0.4, -0.2) is 37.2 Å². The lowest BCUT2D eigenvalue weighted by atomic mass is 10.0. The van der Waals surface area contributed by atoms with Gasteiger partial charge in [0.25, 0.3) is 0 Å². The fourth-order valence-electron chi connectivity index (χ4n) is 8.80. The van der Waals surface area contributed by atoms with Gasteiger partial charge in [-0.25, -0.2) is 0 Å². The average Bonchev–Trinajstić information content (AvgIpc) is 3.28. The highest BCUT2D eigenvalue weighted by Crippen LogP contribution is 2.18. The van der Waals surface area contributed by atoms with Gasteiger partial charge in [-0.15, -0.1) is 0 Å². The van der Waals surface area contributed by atoms with Crippen LogP contribution in [0, 0.1) is 0 Å². The van der Waals surface area contributed by atoms with Gasteiger partial charge in [0, 0.05) is 19.3 Å². The summed E-state index contributed by atoms with van der Waals surface area (Å²) in [5.74, 6) is -0.846. The molecule has 0 N–H and O–H groups in total. The molecule has 0 fully saturated rings. The Hall–Kier alpha value is -1.59. The van der Waals surface area contributed by atoms with Crippen molar-refractivity contribution in [1.82, 2.24) is 0 Å². The zero-order chi connectivity index (χ0) is 45.8. The molecule has 0 saturated heterocycles. The van der Waals surface area contributed by atoms with Crippen LogP contribution >= 0.6 is 0 Å². The predicted octanol–water partition coefficient (Wildman–Crippen LogP) is 18.8. The molecular weight excluding hydrogens is 781 g/mol. The first-order chi connectivity index (χ1) is 31.0. The molecule has 0 aliphatic carbocycles. The maximum absolute atomic E-state index is 12.8. The summed E-state index contributed by atoms with van der Waals surface area (Å²) in [7, 11) is 0. The number of carbonyl (C=O) groups is 3. The van der Waals surface area contributed by atoms with Gasteiger partial charge in [-0.1, -0.05) is 290 Å². The predicted molar refractivity (Wildman–Crippen MR) is 270 cm³/mol. The van der Waals surface area contributed by atoms with Gasteiger partial charge >= 0.3 is 17.9 Å². The molecule has 0 rings (SSSR count). The number of rotatable bonds is 53. The van der Waals surface area contributed by atoms with Crippen molar-refractivity contribution in [3.05, 3.63) is 0 Å². The molecule has 0 radical (unpaired) electrons. The Bertz CT molecular complexity index is 936. The van der Waals surface area contributed by atoms with Crippen molar-refractivity contribution in [3.63, 3.8) is 0 Å². The third-order valence-corrected chi connectivity index (χ3v) is 13.1. The van der Waals surface area contributed by atoms with E-state index in [0.717, 1.165) is 57.8 Å². The van der Waals surface area contributed by atoms with Crippen molar-refractivity contribution < 1.29 is 28.6 Å². The average molecular weight is 892 g/mol.